The van der Waals surface area contributed by atoms with Crippen LogP contribution in [0.1, 0.15) is 43.9 Å². The fraction of sp³-hybridized carbons (Fsp3) is 0.417. The summed E-state index contributed by atoms with van der Waals surface area (Å²) in [6.07, 6.45) is 1.11. The summed E-state index contributed by atoms with van der Waals surface area (Å²) in [4.78, 5) is 27.6. The van der Waals surface area contributed by atoms with Crippen molar-refractivity contribution in [3.63, 3.8) is 0 Å². The molecular weight excluding hydrogens is 364 g/mol. The van der Waals surface area contributed by atoms with Crippen LogP contribution < -0.4 is 10.1 Å². The van der Waals surface area contributed by atoms with E-state index in [1.165, 1.54) is 0 Å². The zero-order valence-corrected chi connectivity index (χ0v) is 18.1. The first-order valence-electron chi connectivity index (χ1n) is 10.1. The Kier molecular flexibility index (Phi) is 8.25. The van der Waals surface area contributed by atoms with Gasteiger partial charge >= 0.3 is 0 Å². The number of carbonyl (C=O) groups is 2. The normalized spacial score (nSPS) is 12.7. The van der Waals surface area contributed by atoms with Crippen LogP contribution in [0.5, 0.6) is 5.75 Å². The monoisotopic (exact) mass is 396 g/mol. The maximum absolute atomic E-state index is 13.2. The summed E-state index contributed by atoms with van der Waals surface area (Å²) in [7, 11) is 1.62. The molecule has 0 aliphatic carbocycles. The molecule has 1 N–H and O–H groups in total. The fourth-order valence-corrected chi connectivity index (χ4v) is 3.05. The number of hydrogen-bond donors (Lipinski definition) is 1. The van der Waals surface area contributed by atoms with Crippen LogP contribution in [0.3, 0.4) is 0 Å². The molecule has 156 valence electrons. The first-order valence-corrected chi connectivity index (χ1v) is 10.1. The molecule has 2 aromatic carbocycles. The molecule has 2 amide bonds. The average Bonchev–Trinajstić information content (AvgIpc) is 2.73. The van der Waals surface area contributed by atoms with Gasteiger partial charge in [-0.05, 0) is 56.0 Å². The van der Waals surface area contributed by atoms with Gasteiger partial charge < -0.3 is 15.0 Å². The highest BCUT2D eigenvalue weighted by Crippen LogP contribution is 2.17. The molecule has 29 heavy (non-hydrogen) atoms. The van der Waals surface area contributed by atoms with Crippen LogP contribution in [0.4, 0.5) is 0 Å². The summed E-state index contributed by atoms with van der Waals surface area (Å²) in [5.41, 5.74) is 3.00. The lowest BCUT2D eigenvalue weighted by Crippen LogP contribution is -2.49. The number of rotatable bonds is 9. The van der Waals surface area contributed by atoms with Gasteiger partial charge in [0.1, 0.15) is 11.8 Å². The van der Waals surface area contributed by atoms with Crippen LogP contribution in [-0.2, 0) is 22.6 Å². The van der Waals surface area contributed by atoms with E-state index in [-0.39, 0.29) is 24.3 Å². The fourth-order valence-electron chi connectivity index (χ4n) is 3.05. The van der Waals surface area contributed by atoms with E-state index in [0.29, 0.717) is 6.54 Å². The number of carbonyl (C=O) groups excluding carboxylic acids is 2. The maximum Gasteiger partial charge on any atom is 0.242 e. The van der Waals surface area contributed by atoms with Crippen LogP contribution >= 0.6 is 0 Å². The number of ether oxygens (including phenoxy) is 1. The van der Waals surface area contributed by atoms with Crippen molar-refractivity contribution in [2.24, 2.45) is 0 Å². The topological polar surface area (TPSA) is 58.6 Å². The van der Waals surface area contributed by atoms with Crippen molar-refractivity contribution in [1.29, 1.82) is 0 Å². The summed E-state index contributed by atoms with van der Waals surface area (Å²) in [5.74, 6) is 0.557. The highest BCUT2D eigenvalue weighted by atomic mass is 16.5. The van der Waals surface area contributed by atoms with E-state index in [1.807, 2.05) is 69.3 Å². The smallest absolute Gasteiger partial charge is 0.242 e. The van der Waals surface area contributed by atoms with E-state index in [2.05, 4.69) is 5.32 Å². The van der Waals surface area contributed by atoms with Crippen LogP contribution in [0.15, 0.2) is 48.5 Å². The summed E-state index contributed by atoms with van der Waals surface area (Å²) in [6.45, 7) is 8.14. The molecule has 2 rings (SSSR count). The lowest BCUT2D eigenvalue weighted by atomic mass is 10.0. The largest absolute Gasteiger partial charge is 0.497 e. The zero-order valence-electron chi connectivity index (χ0n) is 18.1. The van der Waals surface area contributed by atoms with E-state index in [0.717, 1.165) is 28.9 Å². The number of benzene rings is 2. The van der Waals surface area contributed by atoms with Crippen molar-refractivity contribution in [2.75, 3.05) is 7.11 Å². The Hall–Kier alpha value is -2.82. The molecule has 0 aliphatic rings. The standard InChI is InChI=1S/C24H32N2O3/c1-6-18(3)25-24(28)19(4)26(16-20-11-13-22(29-5)14-12-20)23(27)15-21-10-8-7-9-17(21)2/h7-14,18-19H,6,15-16H2,1-5H3,(H,25,28). The van der Waals surface area contributed by atoms with Gasteiger partial charge in [0, 0.05) is 12.6 Å². The second kappa shape index (κ2) is 10.6. The minimum atomic E-state index is -0.567. The quantitative estimate of drug-likeness (QED) is 0.700. The molecule has 5 nitrogen and oxygen atoms in total. The minimum Gasteiger partial charge on any atom is -0.497 e. The van der Waals surface area contributed by atoms with E-state index >= 15 is 0 Å². The first-order chi connectivity index (χ1) is 13.8. The van der Waals surface area contributed by atoms with E-state index in [4.69, 9.17) is 4.74 Å². The molecule has 0 spiro atoms. The molecule has 0 saturated carbocycles. The molecule has 0 saturated heterocycles. The summed E-state index contributed by atoms with van der Waals surface area (Å²) in [6, 6.07) is 14.9. The number of aryl methyl sites for hydroxylation is 1. The predicted molar refractivity (Wildman–Crippen MR) is 116 cm³/mol. The predicted octanol–water partition coefficient (Wildman–Crippen LogP) is 3.88. The number of hydrogen-bond acceptors (Lipinski definition) is 3. The Morgan fingerprint density at radius 2 is 1.72 bits per heavy atom. The Bertz CT molecular complexity index is 817. The Morgan fingerprint density at radius 1 is 1.07 bits per heavy atom. The van der Waals surface area contributed by atoms with E-state index in [1.54, 1.807) is 18.9 Å². The van der Waals surface area contributed by atoms with Crippen molar-refractivity contribution in [3.05, 3.63) is 65.2 Å². The van der Waals surface area contributed by atoms with Crippen molar-refractivity contribution < 1.29 is 14.3 Å². The first kappa shape index (κ1) is 22.5. The lowest BCUT2D eigenvalue weighted by molar-refractivity contribution is -0.140. The highest BCUT2D eigenvalue weighted by Gasteiger charge is 2.27. The van der Waals surface area contributed by atoms with E-state index < -0.39 is 6.04 Å². The maximum atomic E-state index is 13.2. The molecule has 0 aliphatic heterocycles. The van der Waals surface area contributed by atoms with Crippen LogP contribution in [0, 0.1) is 6.92 Å². The Morgan fingerprint density at radius 3 is 2.31 bits per heavy atom. The molecule has 0 radical (unpaired) electrons. The van der Waals surface area contributed by atoms with Gasteiger partial charge in [-0.25, -0.2) is 0 Å². The van der Waals surface area contributed by atoms with Gasteiger partial charge in [-0.1, -0.05) is 43.3 Å². The molecule has 0 bridgehead atoms. The van der Waals surface area contributed by atoms with Crippen molar-refractivity contribution in [1.82, 2.24) is 10.2 Å². The molecule has 5 heteroatoms. The number of methoxy groups -OCH3 is 1. The second-order valence-electron chi connectivity index (χ2n) is 7.47. The van der Waals surface area contributed by atoms with Gasteiger partial charge in [0.15, 0.2) is 0 Å². The lowest BCUT2D eigenvalue weighted by Gasteiger charge is -2.30. The van der Waals surface area contributed by atoms with Crippen molar-refractivity contribution in [3.8, 4) is 5.75 Å². The van der Waals surface area contributed by atoms with Gasteiger partial charge in [0.25, 0.3) is 0 Å². The molecule has 0 fully saturated rings. The third kappa shape index (κ3) is 6.34. The number of nitrogens with one attached hydrogen (secondary N) is 1. The third-order valence-electron chi connectivity index (χ3n) is 5.28. The van der Waals surface area contributed by atoms with Crippen LogP contribution in [0.25, 0.3) is 0 Å². The van der Waals surface area contributed by atoms with Crippen molar-refractivity contribution in [2.45, 2.75) is 59.2 Å². The molecule has 2 atom stereocenters. The Balaban J connectivity index is 2.24. The van der Waals surface area contributed by atoms with Gasteiger partial charge in [-0.15, -0.1) is 0 Å². The zero-order chi connectivity index (χ0) is 21.4. The van der Waals surface area contributed by atoms with E-state index in [9.17, 15) is 9.59 Å². The minimum absolute atomic E-state index is 0.0677. The summed E-state index contributed by atoms with van der Waals surface area (Å²) >= 11 is 0. The third-order valence-corrected chi connectivity index (χ3v) is 5.28. The van der Waals surface area contributed by atoms with Crippen LogP contribution in [0.2, 0.25) is 0 Å². The summed E-state index contributed by atoms with van der Waals surface area (Å²) in [5, 5.41) is 2.99. The second-order valence-corrected chi connectivity index (χ2v) is 7.47. The van der Waals surface area contributed by atoms with Gasteiger partial charge in [0.2, 0.25) is 11.8 Å². The molecule has 0 heterocycles. The van der Waals surface area contributed by atoms with Crippen LogP contribution in [-0.4, -0.2) is 35.9 Å². The average molecular weight is 397 g/mol. The molecular formula is C24H32N2O3. The van der Waals surface area contributed by atoms with Crippen molar-refractivity contribution >= 4 is 11.8 Å². The molecule has 2 unspecified atom stereocenters. The number of nitrogens with zero attached hydrogens (tertiary/aromatic N) is 1. The molecule has 0 aromatic heterocycles. The van der Waals surface area contributed by atoms with Gasteiger partial charge in [-0.2, -0.15) is 0 Å². The van der Waals surface area contributed by atoms with Gasteiger partial charge in [0.05, 0.1) is 13.5 Å². The SMILES string of the molecule is CCC(C)NC(=O)C(C)N(Cc1ccc(OC)cc1)C(=O)Cc1ccccc1C. The van der Waals surface area contributed by atoms with Gasteiger partial charge in [-0.3, -0.25) is 9.59 Å². The molecule has 2 aromatic rings. The Labute approximate surface area is 174 Å². The summed E-state index contributed by atoms with van der Waals surface area (Å²) < 4.78 is 5.21. The number of amides is 2. The highest BCUT2D eigenvalue weighted by molar-refractivity contribution is 5.88.